The minimum Gasteiger partial charge on any atom is -0.345 e. The minimum absolute atomic E-state index is 0.260. The molecule has 1 amide bonds. The molecular weight excluding hydrogens is 389 g/mol. The molecule has 5 aromatic rings. The molecule has 0 bridgehead atoms. The van der Waals surface area contributed by atoms with Crippen molar-refractivity contribution in [2.45, 2.75) is 13.1 Å². The largest absolute Gasteiger partial charge is 0.345 e. The van der Waals surface area contributed by atoms with Crippen molar-refractivity contribution in [3.63, 3.8) is 0 Å². The van der Waals surface area contributed by atoms with Gasteiger partial charge < -0.3 is 9.88 Å². The lowest BCUT2D eigenvalue weighted by atomic mass is 10.0. The molecule has 0 unspecified atom stereocenters. The van der Waals surface area contributed by atoms with Gasteiger partial charge in [-0.2, -0.15) is 0 Å². The van der Waals surface area contributed by atoms with E-state index in [1.165, 1.54) is 40.6 Å². The highest BCUT2D eigenvalue weighted by atomic mass is 19.1. The van der Waals surface area contributed by atoms with Crippen molar-refractivity contribution < 1.29 is 9.18 Å². The number of hydrogen-bond acceptors (Lipinski definition) is 2. The van der Waals surface area contributed by atoms with E-state index in [9.17, 15) is 9.18 Å². The Kier molecular flexibility index (Phi) is 4.92. The van der Waals surface area contributed by atoms with E-state index < -0.39 is 0 Å². The molecule has 0 radical (unpaired) electrons. The van der Waals surface area contributed by atoms with Crippen molar-refractivity contribution in [2.75, 3.05) is 0 Å². The van der Waals surface area contributed by atoms with E-state index in [-0.39, 0.29) is 18.3 Å². The van der Waals surface area contributed by atoms with Crippen molar-refractivity contribution in [1.29, 1.82) is 0 Å². The zero-order valence-corrected chi connectivity index (χ0v) is 16.8. The number of amides is 1. The molecule has 0 saturated heterocycles. The van der Waals surface area contributed by atoms with E-state index in [2.05, 4.69) is 40.2 Å². The molecule has 0 aliphatic rings. The molecule has 0 fully saturated rings. The Balaban J connectivity index is 1.48. The Hall–Kier alpha value is -3.99. The molecule has 0 atom stereocenters. The van der Waals surface area contributed by atoms with Crippen molar-refractivity contribution in [2.24, 2.45) is 0 Å². The van der Waals surface area contributed by atoms with Gasteiger partial charge in [0.2, 0.25) is 0 Å². The number of halogens is 1. The molecule has 31 heavy (non-hydrogen) atoms. The molecule has 0 spiro atoms. The number of carbonyl (C=O) groups excluding carboxylic acids is 1. The first-order chi connectivity index (χ1) is 15.2. The average molecular weight is 409 g/mol. The number of aromatic nitrogens is 2. The van der Waals surface area contributed by atoms with Crippen LogP contribution in [0.15, 0.2) is 91.0 Å². The second-order valence-corrected chi connectivity index (χ2v) is 7.43. The third kappa shape index (κ3) is 3.78. The van der Waals surface area contributed by atoms with E-state index in [0.29, 0.717) is 12.1 Å². The summed E-state index contributed by atoms with van der Waals surface area (Å²) in [5.74, 6) is 0.141. The van der Waals surface area contributed by atoms with Crippen LogP contribution in [0.1, 0.15) is 21.7 Å². The van der Waals surface area contributed by atoms with Crippen LogP contribution in [0.5, 0.6) is 0 Å². The molecule has 152 valence electrons. The van der Waals surface area contributed by atoms with Crippen LogP contribution in [0, 0.1) is 5.82 Å². The van der Waals surface area contributed by atoms with E-state index >= 15 is 0 Å². The van der Waals surface area contributed by atoms with Crippen molar-refractivity contribution in [3.05, 3.63) is 114 Å². The van der Waals surface area contributed by atoms with Crippen molar-refractivity contribution >= 4 is 27.7 Å². The van der Waals surface area contributed by atoms with Crippen LogP contribution in [0.25, 0.3) is 21.8 Å². The molecule has 5 heteroatoms. The summed E-state index contributed by atoms with van der Waals surface area (Å²) in [4.78, 5) is 17.3. The lowest BCUT2D eigenvalue weighted by molar-refractivity contribution is 0.0949. The summed E-state index contributed by atoms with van der Waals surface area (Å²) in [6.45, 7) is 0.916. The quantitative estimate of drug-likeness (QED) is 0.428. The Morgan fingerprint density at radius 3 is 2.48 bits per heavy atom. The summed E-state index contributed by atoms with van der Waals surface area (Å²) in [5, 5.41) is 5.30. The first kappa shape index (κ1) is 19.0. The number of nitrogens with zero attached hydrogens (tertiary/aromatic N) is 2. The lowest BCUT2D eigenvalue weighted by Gasteiger charge is -2.12. The van der Waals surface area contributed by atoms with Gasteiger partial charge in [0.05, 0.1) is 24.1 Å². The van der Waals surface area contributed by atoms with Gasteiger partial charge in [-0.05, 0) is 52.7 Å². The van der Waals surface area contributed by atoms with Gasteiger partial charge in [0.25, 0.3) is 5.91 Å². The second-order valence-electron chi connectivity index (χ2n) is 7.43. The number of para-hydroxylation sites is 2. The smallest absolute Gasteiger partial charge is 0.251 e. The predicted molar refractivity (Wildman–Crippen MR) is 120 cm³/mol. The second kappa shape index (κ2) is 8.03. The maximum absolute atomic E-state index is 13.1. The fourth-order valence-electron chi connectivity index (χ4n) is 3.90. The molecule has 4 nitrogen and oxygen atoms in total. The summed E-state index contributed by atoms with van der Waals surface area (Å²) in [7, 11) is 0. The van der Waals surface area contributed by atoms with Gasteiger partial charge in [-0.1, -0.05) is 54.6 Å². The van der Waals surface area contributed by atoms with Gasteiger partial charge >= 0.3 is 0 Å². The van der Waals surface area contributed by atoms with E-state index in [4.69, 9.17) is 4.98 Å². The van der Waals surface area contributed by atoms with Gasteiger partial charge in [0.15, 0.2) is 0 Å². The molecule has 0 aliphatic carbocycles. The van der Waals surface area contributed by atoms with Crippen molar-refractivity contribution in [3.8, 4) is 0 Å². The molecular formula is C26H20FN3O. The zero-order valence-electron chi connectivity index (χ0n) is 16.8. The van der Waals surface area contributed by atoms with Gasteiger partial charge in [-0.15, -0.1) is 0 Å². The number of benzene rings is 4. The maximum atomic E-state index is 13.1. The highest BCUT2D eigenvalue weighted by Gasteiger charge is 2.14. The van der Waals surface area contributed by atoms with Crippen LogP contribution < -0.4 is 5.32 Å². The molecule has 5 rings (SSSR count). The van der Waals surface area contributed by atoms with Crippen LogP contribution in [-0.4, -0.2) is 15.5 Å². The SMILES string of the molecule is O=C(NCc1nc2ccccc2n1Cc1cccc2ccccc12)c1ccc(F)cc1. The molecule has 0 aliphatic heterocycles. The highest BCUT2D eigenvalue weighted by molar-refractivity contribution is 5.94. The van der Waals surface area contributed by atoms with E-state index in [0.717, 1.165) is 16.9 Å². The number of hydrogen-bond donors (Lipinski definition) is 1. The fraction of sp³-hybridized carbons (Fsp3) is 0.0769. The van der Waals surface area contributed by atoms with Crippen LogP contribution in [0.4, 0.5) is 4.39 Å². The summed E-state index contributed by atoms with van der Waals surface area (Å²) < 4.78 is 15.3. The maximum Gasteiger partial charge on any atom is 0.251 e. The van der Waals surface area contributed by atoms with Crippen LogP contribution in [0.2, 0.25) is 0 Å². The Morgan fingerprint density at radius 1 is 0.871 bits per heavy atom. The van der Waals surface area contributed by atoms with Gasteiger partial charge in [-0.3, -0.25) is 4.79 Å². The summed E-state index contributed by atoms with van der Waals surface area (Å²) in [6, 6.07) is 28.1. The number of carbonyl (C=O) groups is 1. The number of imidazole rings is 1. The number of rotatable bonds is 5. The molecule has 0 saturated carbocycles. The Bertz CT molecular complexity index is 1380. The van der Waals surface area contributed by atoms with Crippen LogP contribution >= 0.6 is 0 Å². The summed E-state index contributed by atoms with van der Waals surface area (Å²) in [6.07, 6.45) is 0. The zero-order chi connectivity index (χ0) is 21.2. The minimum atomic E-state index is -0.367. The molecule has 1 N–H and O–H groups in total. The standard InChI is InChI=1S/C26H20FN3O/c27-21-14-12-19(13-15-21)26(31)28-16-25-29-23-10-3-4-11-24(23)30(25)17-20-8-5-7-18-6-1-2-9-22(18)20/h1-15H,16-17H2,(H,28,31). The van der Waals surface area contributed by atoms with Crippen molar-refractivity contribution in [1.82, 2.24) is 14.9 Å². The van der Waals surface area contributed by atoms with Crippen LogP contribution in [0.3, 0.4) is 0 Å². The topological polar surface area (TPSA) is 46.9 Å². The summed E-state index contributed by atoms with van der Waals surface area (Å²) in [5.41, 5.74) is 3.50. The predicted octanol–water partition coefficient (Wildman–Crippen LogP) is 5.31. The lowest BCUT2D eigenvalue weighted by Crippen LogP contribution is -2.25. The Morgan fingerprint density at radius 2 is 1.61 bits per heavy atom. The highest BCUT2D eigenvalue weighted by Crippen LogP contribution is 2.23. The monoisotopic (exact) mass is 409 g/mol. The fourth-order valence-corrected chi connectivity index (χ4v) is 3.90. The molecule has 4 aromatic carbocycles. The summed E-state index contributed by atoms with van der Waals surface area (Å²) >= 11 is 0. The average Bonchev–Trinajstić information content (AvgIpc) is 3.15. The third-order valence-electron chi connectivity index (χ3n) is 5.46. The third-order valence-corrected chi connectivity index (χ3v) is 5.46. The van der Waals surface area contributed by atoms with E-state index in [1.807, 2.05) is 36.4 Å². The van der Waals surface area contributed by atoms with Gasteiger partial charge in [0.1, 0.15) is 11.6 Å². The number of nitrogens with one attached hydrogen (secondary N) is 1. The van der Waals surface area contributed by atoms with E-state index in [1.54, 1.807) is 0 Å². The first-order valence-electron chi connectivity index (χ1n) is 10.1. The number of fused-ring (bicyclic) bond motifs is 2. The molecule has 1 aromatic heterocycles. The van der Waals surface area contributed by atoms with Crippen LogP contribution in [-0.2, 0) is 13.1 Å². The molecule has 1 heterocycles. The normalized spacial score (nSPS) is 11.1. The Labute approximate surface area is 179 Å². The van der Waals surface area contributed by atoms with Gasteiger partial charge in [-0.25, -0.2) is 9.37 Å². The first-order valence-corrected chi connectivity index (χ1v) is 10.1. The van der Waals surface area contributed by atoms with Gasteiger partial charge in [0, 0.05) is 5.56 Å².